The molecule has 0 aromatic heterocycles. The summed E-state index contributed by atoms with van der Waals surface area (Å²) < 4.78 is 0. The third-order valence-corrected chi connectivity index (χ3v) is 4.54. The van der Waals surface area contributed by atoms with E-state index in [4.69, 9.17) is 5.73 Å². The number of aromatic carboxylic acids is 1. The molecule has 3 N–H and O–H groups in total. The molecule has 1 aromatic carbocycles. The molecule has 1 aromatic rings. The summed E-state index contributed by atoms with van der Waals surface area (Å²) in [5, 5.41) is 9.20. The molecule has 0 aliphatic carbocycles. The van der Waals surface area contributed by atoms with Crippen LogP contribution >= 0.6 is 0 Å². The van der Waals surface area contributed by atoms with Crippen molar-refractivity contribution in [2.75, 3.05) is 30.3 Å². The van der Waals surface area contributed by atoms with Crippen molar-refractivity contribution in [2.24, 2.45) is 0 Å². The fraction of sp³-hybridized carbons (Fsp3) is 0.533. The fourth-order valence-corrected chi connectivity index (χ4v) is 3.46. The molecule has 2 unspecified atom stereocenters. The molecular weight excluding hydrogens is 254 g/mol. The number of piperazine rings is 1. The van der Waals surface area contributed by atoms with Crippen LogP contribution in [0.5, 0.6) is 0 Å². The lowest BCUT2D eigenvalue weighted by molar-refractivity contribution is 0.0698. The quantitative estimate of drug-likeness (QED) is 0.803. The van der Waals surface area contributed by atoms with Gasteiger partial charge in [0.1, 0.15) is 0 Å². The summed E-state index contributed by atoms with van der Waals surface area (Å²) in [6.07, 6.45) is 2.51. The fourth-order valence-electron chi connectivity index (χ4n) is 3.46. The van der Waals surface area contributed by atoms with E-state index in [0.29, 0.717) is 17.8 Å². The highest BCUT2D eigenvalue weighted by Gasteiger charge is 2.34. The van der Waals surface area contributed by atoms with E-state index in [-0.39, 0.29) is 5.56 Å². The SMILES string of the molecule is CC1CN2CCCC2CN1c1ccc(N)c(C(=O)O)c1. The van der Waals surface area contributed by atoms with Crippen LogP contribution in [0.25, 0.3) is 0 Å². The topological polar surface area (TPSA) is 69.8 Å². The van der Waals surface area contributed by atoms with E-state index in [2.05, 4.69) is 16.7 Å². The molecule has 5 nitrogen and oxygen atoms in total. The number of hydrogen-bond acceptors (Lipinski definition) is 4. The summed E-state index contributed by atoms with van der Waals surface area (Å²) in [6, 6.07) is 6.35. The summed E-state index contributed by atoms with van der Waals surface area (Å²) in [7, 11) is 0. The molecule has 0 spiro atoms. The normalized spacial score (nSPS) is 26.6. The number of anilines is 2. The maximum absolute atomic E-state index is 11.2. The molecule has 2 atom stereocenters. The molecule has 3 rings (SSSR count). The van der Waals surface area contributed by atoms with Crippen LogP contribution in [0, 0.1) is 0 Å². The van der Waals surface area contributed by atoms with Crippen molar-refractivity contribution in [1.29, 1.82) is 0 Å². The van der Waals surface area contributed by atoms with Crippen LogP contribution in [0.2, 0.25) is 0 Å². The molecular formula is C15H21N3O2. The average Bonchev–Trinajstić information content (AvgIpc) is 2.85. The van der Waals surface area contributed by atoms with E-state index in [0.717, 1.165) is 18.8 Å². The third kappa shape index (κ3) is 2.22. The zero-order valence-electron chi connectivity index (χ0n) is 11.7. The predicted octanol–water partition coefficient (Wildman–Crippen LogP) is 1.64. The number of nitrogen functional groups attached to an aromatic ring is 1. The van der Waals surface area contributed by atoms with Gasteiger partial charge in [0.15, 0.2) is 0 Å². The Kier molecular flexibility index (Phi) is 3.30. The molecule has 20 heavy (non-hydrogen) atoms. The summed E-state index contributed by atoms with van der Waals surface area (Å²) in [5.41, 5.74) is 7.23. The van der Waals surface area contributed by atoms with Crippen molar-refractivity contribution >= 4 is 17.3 Å². The first-order chi connectivity index (χ1) is 9.56. The molecule has 5 heteroatoms. The van der Waals surface area contributed by atoms with Gasteiger partial charge in [0.2, 0.25) is 0 Å². The third-order valence-electron chi connectivity index (χ3n) is 4.54. The van der Waals surface area contributed by atoms with E-state index in [1.807, 2.05) is 6.07 Å². The number of rotatable bonds is 2. The number of nitrogens with two attached hydrogens (primary N) is 1. The van der Waals surface area contributed by atoms with Crippen LogP contribution in [-0.2, 0) is 0 Å². The smallest absolute Gasteiger partial charge is 0.337 e. The molecule has 108 valence electrons. The molecule has 0 radical (unpaired) electrons. The minimum absolute atomic E-state index is 0.198. The van der Waals surface area contributed by atoms with Crippen LogP contribution < -0.4 is 10.6 Å². The van der Waals surface area contributed by atoms with Crippen LogP contribution in [0.3, 0.4) is 0 Å². The lowest BCUT2D eigenvalue weighted by Gasteiger charge is -2.43. The second kappa shape index (κ2) is 4.98. The van der Waals surface area contributed by atoms with Gasteiger partial charge in [0.25, 0.3) is 0 Å². The van der Waals surface area contributed by atoms with Crippen molar-refractivity contribution in [2.45, 2.75) is 31.8 Å². The lowest BCUT2D eigenvalue weighted by Crippen LogP contribution is -2.55. The monoisotopic (exact) mass is 275 g/mol. The Balaban J connectivity index is 1.88. The average molecular weight is 275 g/mol. The minimum atomic E-state index is -0.962. The van der Waals surface area contributed by atoms with Gasteiger partial charge in [-0.25, -0.2) is 4.79 Å². The number of fused-ring (bicyclic) bond motifs is 1. The maximum Gasteiger partial charge on any atom is 0.337 e. The molecule has 2 heterocycles. The Bertz CT molecular complexity index is 532. The molecule has 0 bridgehead atoms. The highest BCUT2D eigenvalue weighted by Crippen LogP contribution is 2.30. The highest BCUT2D eigenvalue weighted by atomic mass is 16.4. The van der Waals surface area contributed by atoms with Gasteiger partial charge in [0.05, 0.1) is 5.56 Å². The summed E-state index contributed by atoms with van der Waals surface area (Å²) in [5.74, 6) is -0.962. The largest absolute Gasteiger partial charge is 0.478 e. The lowest BCUT2D eigenvalue weighted by atomic mass is 10.1. The van der Waals surface area contributed by atoms with Crippen LogP contribution in [0.4, 0.5) is 11.4 Å². The molecule has 2 aliphatic heterocycles. The Labute approximate surface area is 119 Å². The van der Waals surface area contributed by atoms with Crippen molar-refractivity contribution in [3.63, 3.8) is 0 Å². The Morgan fingerprint density at radius 3 is 2.95 bits per heavy atom. The Hall–Kier alpha value is -1.75. The molecule has 0 saturated carbocycles. The van der Waals surface area contributed by atoms with Gasteiger partial charge < -0.3 is 15.7 Å². The van der Waals surface area contributed by atoms with Crippen molar-refractivity contribution < 1.29 is 9.90 Å². The molecule has 2 fully saturated rings. The number of benzene rings is 1. The van der Waals surface area contributed by atoms with E-state index in [1.54, 1.807) is 12.1 Å². The number of carboxylic acid groups (broad SMARTS) is 1. The van der Waals surface area contributed by atoms with Crippen LogP contribution in [0.1, 0.15) is 30.1 Å². The van der Waals surface area contributed by atoms with Crippen LogP contribution in [-0.4, -0.2) is 47.7 Å². The van der Waals surface area contributed by atoms with Crippen molar-refractivity contribution in [3.05, 3.63) is 23.8 Å². The second-order valence-corrected chi connectivity index (χ2v) is 5.87. The van der Waals surface area contributed by atoms with Crippen LogP contribution in [0.15, 0.2) is 18.2 Å². The highest BCUT2D eigenvalue weighted by molar-refractivity contribution is 5.94. The zero-order chi connectivity index (χ0) is 14.3. The number of nitrogens with zero attached hydrogens (tertiary/aromatic N) is 2. The predicted molar refractivity (Wildman–Crippen MR) is 79.2 cm³/mol. The first-order valence-corrected chi connectivity index (χ1v) is 7.20. The minimum Gasteiger partial charge on any atom is -0.478 e. The van der Waals surface area contributed by atoms with E-state index >= 15 is 0 Å². The van der Waals surface area contributed by atoms with Gasteiger partial charge in [-0.2, -0.15) is 0 Å². The van der Waals surface area contributed by atoms with Gasteiger partial charge in [-0.3, -0.25) is 4.90 Å². The van der Waals surface area contributed by atoms with Gasteiger partial charge in [-0.1, -0.05) is 0 Å². The zero-order valence-corrected chi connectivity index (χ0v) is 11.7. The molecule has 2 aliphatic rings. The maximum atomic E-state index is 11.2. The second-order valence-electron chi connectivity index (χ2n) is 5.87. The van der Waals surface area contributed by atoms with Crippen molar-refractivity contribution in [1.82, 2.24) is 4.90 Å². The first kappa shape index (κ1) is 13.2. The van der Waals surface area contributed by atoms with Gasteiger partial charge in [0, 0.05) is 36.5 Å². The summed E-state index contributed by atoms with van der Waals surface area (Å²) in [4.78, 5) is 16.1. The summed E-state index contributed by atoms with van der Waals surface area (Å²) >= 11 is 0. The molecule has 0 amide bonds. The van der Waals surface area contributed by atoms with Gasteiger partial charge in [-0.05, 0) is 44.5 Å². The Morgan fingerprint density at radius 2 is 2.20 bits per heavy atom. The standard InChI is InChI=1S/C15H21N3O2/c1-10-8-17-6-2-3-12(17)9-18(10)11-4-5-14(16)13(7-11)15(19)20/h4-5,7,10,12H,2-3,6,8-9,16H2,1H3,(H,19,20). The molecule has 2 saturated heterocycles. The Morgan fingerprint density at radius 1 is 1.40 bits per heavy atom. The summed E-state index contributed by atoms with van der Waals surface area (Å²) in [6.45, 7) is 5.43. The first-order valence-electron chi connectivity index (χ1n) is 7.20. The number of carbonyl (C=O) groups is 1. The number of hydrogen-bond donors (Lipinski definition) is 2. The van der Waals surface area contributed by atoms with Crippen molar-refractivity contribution in [3.8, 4) is 0 Å². The van der Waals surface area contributed by atoms with Gasteiger partial charge in [-0.15, -0.1) is 0 Å². The number of carboxylic acids is 1. The van der Waals surface area contributed by atoms with E-state index < -0.39 is 5.97 Å². The van der Waals surface area contributed by atoms with E-state index in [9.17, 15) is 9.90 Å². The van der Waals surface area contributed by atoms with E-state index in [1.165, 1.54) is 19.4 Å². The van der Waals surface area contributed by atoms with Gasteiger partial charge >= 0.3 is 5.97 Å².